The predicted octanol–water partition coefficient (Wildman–Crippen LogP) is 3.97. The van der Waals surface area contributed by atoms with E-state index in [0.29, 0.717) is 11.9 Å². The van der Waals surface area contributed by atoms with Crippen LogP contribution in [0.4, 0.5) is 5.69 Å². The number of alkyl halides is 1. The van der Waals surface area contributed by atoms with Crippen LogP contribution in [0, 0.1) is 6.92 Å². The molecule has 0 radical (unpaired) electrons. The number of halogens is 1. The second-order valence-corrected chi connectivity index (χ2v) is 4.40. The van der Waals surface area contributed by atoms with Crippen molar-refractivity contribution in [3.63, 3.8) is 0 Å². The van der Waals surface area contributed by atoms with Gasteiger partial charge in [-0.05, 0) is 44.9 Å². The molecule has 0 aliphatic heterocycles. The molecule has 0 aromatic heterocycles. The Morgan fingerprint density at radius 3 is 2.40 bits per heavy atom. The van der Waals surface area contributed by atoms with Gasteiger partial charge < -0.3 is 4.90 Å². The number of aryl methyl sites for hydroxylation is 1. The van der Waals surface area contributed by atoms with E-state index < -0.39 is 0 Å². The second kappa shape index (κ2) is 5.41. The summed E-state index contributed by atoms with van der Waals surface area (Å²) in [4.78, 5) is 2.40. The average Bonchev–Trinajstić information content (AvgIpc) is 2.20. The van der Waals surface area contributed by atoms with Crippen molar-refractivity contribution in [3.8, 4) is 0 Å². The average molecular weight is 226 g/mol. The molecule has 1 aromatic rings. The van der Waals surface area contributed by atoms with Crippen LogP contribution in [0.15, 0.2) is 18.2 Å². The summed E-state index contributed by atoms with van der Waals surface area (Å²) in [7, 11) is 0. The van der Waals surface area contributed by atoms with Gasteiger partial charge in [0.15, 0.2) is 0 Å². The highest BCUT2D eigenvalue weighted by Crippen LogP contribution is 2.23. The van der Waals surface area contributed by atoms with Gasteiger partial charge >= 0.3 is 0 Å². The Morgan fingerprint density at radius 1 is 1.33 bits per heavy atom. The quantitative estimate of drug-likeness (QED) is 0.701. The van der Waals surface area contributed by atoms with E-state index in [4.69, 9.17) is 11.6 Å². The fraction of sp³-hybridized carbons (Fsp3) is 0.538. The van der Waals surface area contributed by atoms with Crippen LogP contribution in [0.25, 0.3) is 0 Å². The van der Waals surface area contributed by atoms with Crippen molar-refractivity contribution in [2.24, 2.45) is 0 Å². The third-order valence-corrected chi connectivity index (χ3v) is 3.00. The smallest absolute Gasteiger partial charge is 0.0474 e. The summed E-state index contributed by atoms with van der Waals surface area (Å²) in [5.41, 5.74) is 3.82. The Bertz CT molecular complexity index is 320. The SMILES string of the molecule is CCN(c1ccc(CCl)cc1C)C(C)C. The maximum atomic E-state index is 5.81. The molecule has 0 atom stereocenters. The molecular weight excluding hydrogens is 206 g/mol. The van der Waals surface area contributed by atoms with E-state index in [1.54, 1.807) is 0 Å². The van der Waals surface area contributed by atoms with Crippen molar-refractivity contribution in [2.45, 2.75) is 39.6 Å². The minimum Gasteiger partial charge on any atom is -0.369 e. The molecule has 0 saturated heterocycles. The lowest BCUT2D eigenvalue weighted by atomic mass is 10.1. The van der Waals surface area contributed by atoms with Gasteiger partial charge in [0, 0.05) is 24.2 Å². The highest BCUT2D eigenvalue weighted by molar-refractivity contribution is 6.17. The third-order valence-electron chi connectivity index (χ3n) is 2.69. The zero-order chi connectivity index (χ0) is 11.4. The first kappa shape index (κ1) is 12.4. The number of rotatable bonds is 4. The van der Waals surface area contributed by atoms with Gasteiger partial charge in [0.2, 0.25) is 0 Å². The molecule has 0 saturated carbocycles. The van der Waals surface area contributed by atoms with Crippen molar-refractivity contribution < 1.29 is 0 Å². The van der Waals surface area contributed by atoms with E-state index in [1.807, 2.05) is 0 Å². The van der Waals surface area contributed by atoms with Crippen LogP contribution < -0.4 is 4.90 Å². The first-order valence-electron chi connectivity index (χ1n) is 5.52. The Morgan fingerprint density at radius 2 is 2.00 bits per heavy atom. The van der Waals surface area contributed by atoms with Crippen molar-refractivity contribution in [2.75, 3.05) is 11.4 Å². The second-order valence-electron chi connectivity index (χ2n) is 4.13. The van der Waals surface area contributed by atoms with E-state index in [2.05, 4.69) is 50.8 Å². The lowest BCUT2D eigenvalue weighted by Crippen LogP contribution is -2.30. The molecule has 0 fully saturated rings. The van der Waals surface area contributed by atoms with E-state index in [1.165, 1.54) is 16.8 Å². The lowest BCUT2D eigenvalue weighted by Gasteiger charge is -2.29. The lowest BCUT2D eigenvalue weighted by molar-refractivity contribution is 0.701. The largest absolute Gasteiger partial charge is 0.369 e. The number of hydrogen-bond acceptors (Lipinski definition) is 1. The molecule has 0 heterocycles. The zero-order valence-electron chi connectivity index (χ0n) is 10.0. The molecule has 1 rings (SSSR count). The molecular formula is C13H20ClN. The van der Waals surface area contributed by atoms with Crippen molar-refractivity contribution in [3.05, 3.63) is 29.3 Å². The van der Waals surface area contributed by atoms with Crippen LogP contribution in [-0.2, 0) is 5.88 Å². The number of benzene rings is 1. The minimum absolute atomic E-state index is 0.538. The molecule has 0 aliphatic carbocycles. The maximum Gasteiger partial charge on any atom is 0.0474 e. The Labute approximate surface area is 98.0 Å². The molecule has 0 aliphatic rings. The standard InChI is InChI=1S/C13H20ClN/c1-5-15(10(2)3)13-7-6-12(9-14)8-11(13)4/h6-8,10H,5,9H2,1-4H3. The van der Waals surface area contributed by atoms with E-state index in [0.717, 1.165) is 6.54 Å². The summed E-state index contributed by atoms with van der Waals surface area (Å²) >= 11 is 5.81. The molecule has 1 nitrogen and oxygen atoms in total. The first-order valence-corrected chi connectivity index (χ1v) is 6.05. The summed E-state index contributed by atoms with van der Waals surface area (Å²) in [5, 5.41) is 0. The van der Waals surface area contributed by atoms with E-state index in [9.17, 15) is 0 Å². The van der Waals surface area contributed by atoms with Gasteiger partial charge in [0.05, 0.1) is 0 Å². The van der Waals surface area contributed by atoms with Crippen molar-refractivity contribution >= 4 is 17.3 Å². The first-order chi connectivity index (χ1) is 7.10. The fourth-order valence-corrected chi connectivity index (χ4v) is 2.10. The predicted molar refractivity (Wildman–Crippen MR) is 68.9 cm³/mol. The van der Waals surface area contributed by atoms with Crippen molar-refractivity contribution in [1.29, 1.82) is 0 Å². The van der Waals surface area contributed by atoms with E-state index >= 15 is 0 Å². The highest BCUT2D eigenvalue weighted by atomic mass is 35.5. The Balaban J connectivity index is 3.03. The van der Waals surface area contributed by atoms with Crippen LogP contribution in [0.2, 0.25) is 0 Å². The van der Waals surface area contributed by atoms with Crippen molar-refractivity contribution in [1.82, 2.24) is 0 Å². The normalized spacial score (nSPS) is 10.8. The topological polar surface area (TPSA) is 3.24 Å². The van der Waals surface area contributed by atoms with Gasteiger partial charge in [-0.2, -0.15) is 0 Å². The highest BCUT2D eigenvalue weighted by Gasteiger charge is 2.10. The van der Waals surface area contributed by atoms with Gasteiger partial charge in [-0.1, -0.05) is 12.1 Å². The zero-order valence-corrected chi connectivity index (χ0v) is 10.8. The van der Waals surface area contributed by atoms with Gasteiger partial charge in [-0.3, -0.25) is 0 Å². The van der Waals surface area contributed by atoms with Crippen LogP contribution in [0.3, 0.4) is 0 Å². The Kier molecular flexibility index (Phi) is 4.46. The van der Waals surface area contributed by atoms with Crippen LogP contribution >= 0.6 is 11.6 Å². The van der Waals surface area contributed by atoms with Gasteiger partial charge in [-0.25, -0.2) is 0 Å². The molecule has 0 N–H and O–H groups in total. The Hall–Kier alpha value is -0.690. The molecule has 0 amide bonds. The molecule has 84 valence electrons. The summed E-state index contributed by atoms with van der Waals surface area (Å²) < 4.78 is 0. The number of nitrogens with zero attached hydrogens (tertiary/aromatic N) is 1. The maximum absolute atomic E-state index is 5.81. The third kappa shape index (κ3) is 2.88. The number of anilines is 1. The molecule has 1 aromatic carbocycles. The molecule has 0 bridgehead atoms. The minimum atomic E-state index is 0.538. The van der Waals surface area contributed by atoms with Gasteiger partial charge in [0.1, 0.15) is 0 Å². The molecule has 2 heteroatoms. The van der Waals surface area contributed by atoms with E-state index in [-0.39, 0.29) is 0 Å². The molecule has 0 unspecified atom stereocenters. The van der Waals surface area contributed by atoms with Gasteiger partial charge in [0.25, 0.3) is 0 Å². The molecule has 0 spiro atoms. The van der Waals surface area contributed by atoms with Gasteiger partial charge in [-0.15, -0.1) is 11.6 Å². The fourth-order valence-electron chi connectivity index (χ4n) is 1.94. The summed E-state index contributed by atoms with van der Waals surface area (Å²) in [6.45, 7) is 9.82. The van der Waals surface area contributed by atoms with Crippen LogP contribution in [0.5, 0.6) is 0 Å². The number of hydrogen-bond donors (Lipinski definition) is 0. The summed E-state index contributed by atoms with van der Waals surface area (Å²) in [5.74, 6) is 0.592. The van der Waals surface area contributed by atoms with Crippen LogP contribution in [0.1, 0.15) is 31.9 Å². The molecule has 15 heavy (non-hydrogen) atoms. The summed E-state index contributed by atoms with van der Waals surface area (Å²) in [6, 6.07) is 7.00. The monoisotopic (exact) mass is 225 g/mol. The van der Waals surface area contributed by atoms with Crippen LogP contribution in [-0.4, -0.2) is 12.6 Å². The summed E-state index contributed by atoms with van der Waals surface area (Å²) in [6.07, 6.45) is 0.